The summed E-state index contributed by atoms with van der Waals surface area (Å²) in [5.41, 5.74) is 6.91. The Morgan fingerprint density at radius 3 is 2.63 bits per heavy atom. The van der Waals surface area contributed by atoms with Crippen LogP contribution in [0.5, 0.6) is 0 Å². The summed E-state index contributed by atoms with van der Waals surface area (Å²) in [6.45, 7) is 0.649. The van der Waals surface area contributed by atoms with Crippen molar-refractivity contribution in [3.8, 4) is 0 Å². The van der Waals surface area contributed by atoms with Crippen molar-refractivity contribution in [1.82, 2.24) is 15.2 Å². The van der Waals surface area contributed by atoms with Crippen LogP contribution in [0.3, 0.4) is 0 Å². The molecule has 0 bridgehead atoms. The van der Waals surface area contributed by atoms with Crippen LogP contribution in [0.4, 0.5) is 11.6 Å². The molecule has 3 aromatic rings. The Kier molecular flexibility index (Phi) is 2.94. The number of nitrogens with one attached hydrogen (secondary N) is 1. The first-order chi connectivity index (χ1) is 9.34. The van der Waals surface area contributed by atoms with Crippen LogP contribution in [0.15, 0.2) is 48.8 Å². The zero-order valence-electron chi connectivity index (χ0n) is 10.2. The number of rotatable bonds is 3. The lowest BCUT2D eigenvalue weighted by atomic mass is 10.1. The lowest BCUT2D eigenvalue weighted by Crippen LogP contribution is -2.05. The highest BCUT2D eigenvalue weighted by Crippen LogP contribution is 2.24. The monoisotopic (exact) mass is 251 g/mol. The molecule has 5 heteroatoms. The maximum atomic E-state index is 5.82. The second-order valence-corrected chi connectivity index (χ2v) is 4.19. The maximum Gasteiger partial charge on any atom is 0.157 e. The van der Waals surface area contributed by atoms with E-state index in [2.05, 4.69) is 20.5 Å². The third-order valence-electron chi connectivity index (χ3n) is 2.90. The van der Waals surface area contributed by atoms with E-state index < -0.39 is 0 Å². The predicted molar refractivity (Wildman–Crippen MR) is 75.5 cm³/mol. The van der Waals surface area contributed by atoms with E-state index in [1.54, 1.807) is 6.20 Å². The Morgan fingerprint density at radius 2 is 1.84 bits per heavy atom. The van der Waals surface area contributed by atoms with Gasteiger partial charge in [-0.3, -0.25) is 4.98 Å². The third kappa shape index (κ3) is 2.30. The zero-order chi connectivity index (χ0) is 13.1. The Bertz CT molecular complexity index is 697. The molecule has 0 radical (unpaired) electrons. The molecule has 0 aliphatic rings. The van der Waals surface area contributed by atoms with Gasteiger partial charge in [-0.05, 0) is 11.6 Å². The Labute approximate surface area is 110 Å². The van der Waals surface area contributed by atoms with Gasteiger partial charge in [0.2, 0.25) is 0 Å². The van der Waals surface area contributed by atoms with E-state index >= 15 is 0 Å². The molecule has 19 heavy (non-hydrogen) atoms. The number of pyridine rings is 1. The Balaban J connectivity index is 1.91. The summed E-state index contributed by atoms with van der Waals surface area (Å²) < 4.78 is 0. The minimum absolute atomic E-state index is 0.447. The largest absolute Gasteiger partial charge is 0.382 e. The second kappa shape index (κ2) is 4.89. The molecule has 0 unspecified atom stereocenters. The summed E-state index contributed by atoms with van der Waals surface area (Å²) in [6, 6.07) is 11.7. The van der Waals surface area contributed by atoms with Crippen LogP contribution >= 0.6 is 0 Å². The van der Waals surface area contributed by atoms with Crippen LogP contribution in [-0.2, 0) is 6.54 Å². The van der Waals surface area contributed by atoms with Gasteiger partial charge >= 0.3 is 0 Å². The first-order valence-corrected chi connectivity index (χ1v) is 5.98. The van der Waals surface area contributed by atoms with Crippen molar-refractivity contribution in [2.45, 2.75) is 6.54 Å². The number of aromatic nitrogens is 3. The molecule has 2 heterocycles. The van der Waals surface area contributed by atoms with Gasteiger partial charge in [0.05, 0.1) is 0 Å². The Morgan fingerprint density at radius 1 is 1.00 bits per heavy atom. The van der Waals surface area contributed by atoms with Gasteiger partial charge in [-0.15, -0.1) is 10.2 Å². The number of hydrogen-bond donors (Lipinski definition) is 2. The summed E-state index contributed by atoms with van der Waals surface area (Å²) in [6.07, 6.45) is 3.57. The van der Waals surface area contributed by atoms with Gasteiger partial charge in [0.15, 0.2) is 11.6 Å². The standard InChI is InChI=1S/C14H13N5/c15-13-11-5-1-2-6-12(11)14(19-18-13)17-9-10-4-3-7-16-8-10/h1-8H,9H2,(H2,15,18)(H,17,19). The van der Waals surface area contributed by atoms with E-state index in [-0.39, 0.29) is 0 Å². The fraction of sp³-hybridized carbons (Fsp3) is 0.0714. The van der Waals surface area contributed by atoms with E-state index in [1.807, 2.05) is 42.6 Å². The first kappa shape index (κ1) is 11.4. The number of hydrogen-bond acceptors (Lipinski definition) is 5. The SMILES string of the molecule is Nc1nnc(NCc2cccnc2)c2ccccc12. The van der Waals surface area contributed by atoms with E-state index in [4.69, 9.17) is 5.73 Å². The van der Waals surface area contributed by atoms with Gasteiger partial charge in [0, 0.05) is 29.7 Å². The van der Waals surface area contributed by atoms with Crippen LogP contribution in [-0.4, -0.2) is 15.2 Å². The minimum Gasteiger partial charge on any atom is -0.382 e. The van der Waals surface area contributed by atoms with Gasteiger partial charge in [-0.25, -0.2) is 0 Å². The molecule has 0 saturated carbocycles. The molecule has 3 rings (SSSR count). The van der Waals surface area contributed by atoms with Crippen LogP contribution in [0.2, 0.25) is 0 Å². The van der Waals surface area contributed by atoms with Crippen molar-refractivity contribution in [2.24, 2.45) is 0 Å². The molecule has 0 fully saturated rings. The minimum atomic E-state index is 0.447. The van der Waals surface area contributed by atoms with E-state index in [1.165, 1.54) is 0 Å². The average Bonchev–Trinajstić information content (AvgIpc) is 2.48. The van der Waals surface area contributed by atoms with Crippen LogP contribution in [0, 0.1) is 0 Å². The molecule has 0 atom stereocenters. The number of nitrogens with zero attached hydrogens (tertiary/aromatic N) is 3. The molecule has 0 spiro atoms. The van der Waals surface area contributed by atoms with Gasteiger partial charge < -0.3 is 11.1 Å². The van der Waals surface area contributed by atoms with Crippen LogP contribution < -0.4 is 11.1 Å². The quantitative estimate of drug-likeness (QED) is 0.746. The fourth-order valence-corrected chi connectivity index (χ4v) is 1.94. The van der Waals surface area contributed by atoms with E-state index in [0.717, 1.165) is 22.2 Å². The summed E-state index contributed by atoms with van der Waals surface area (Å²) in [5.74, 6) is 1.18. The highest BCUT2D eigenvalue weighted by molar-refractivity contribution is 5.97. The van der Waals surface area contributed by atoms with Crippen molar-refractivity contribution >= 4 is 22.4 Å². The average molecular weight is 251 g/mol. The van der Waals surface area contributed by atoms with Crippen LogP contribution in [0.25, 0.3) is 10.8 Å². The molecule has 0 amide bonds. The summed E-state index contributed by atoms with van der Waals surface area (Å²) in [4.78, 5) is 4.08. The molecular formula is C14H13N5. The Hall–Kier alpha value is -2.69. The second-order valence-electron chi connectivity index (χ2n) is 4.19. The van der Waals surface area contributed by atoms with Crippen molar-refractivity contribution in [3.63, 3.8) is 0 Å². The molecule has 3 N–H and O–H groups in total. The highest BCUT2D eigenvalue weighted by atomic mass is 15.2. The molecule has 0 saturated heterocycles. The zero-order valence-corrected chi connectivity index (χ0v) is 10.2. The number of nitrogens with two attached hydrogens (primary N) is 1. The summed E-state index contributed by atoms with van der Waals surface area (Å²) in [7, 11) is 0. The molecule has 0 aliphatic carbocycles. The normalized spacial score (nSPS) is 10.5. The van der Waals surface area contributed by atoms with Crippen LogP contribution in [0.1, 0.15) is 5.56 Å². The summed E-state index contributed by atoms with van der Waals surface area (Å²) >= 11 is 0. The highest BCUT2D eigenvalue weighted by Gasteiger charge is 2.06. The van der Waals surface area contributed by atoms with Crippen molar-refractivity contribution in [2.75, 3.05) is 11.1 Å². The predicted octanol–water partition coefficient (Wildman–Crippen LogP) is 2.22. The van der Waals surface area contributed by atoms with E-state index in [0.29, 0.717) is 12.4 Å². The fourth-order valence-electron chi connectivity index (χ4n) is 1.94. The van der Waals surface area contributed by atoms with Gasteiger partial charge in [-0.1, -0.05) is 30.3 Å². The molecule has 0 aliphatic heterocycles. The molecule has 5 nitrogen and oxygen atoms in total. The molecule has 1 aromatic carbocycles. The maximum absolute atomic E-state index is 5.82. The summed E-state index contributed by atoms with van der Waals surface area (Å²) in [5, 5.41) is 13.2. The van der Waals surface area contributed by atoms with E-state index in [9.17, 15) is 0 Å². The smallest absolute Gasteiger partial charge is 0.157 e. The van der Waals surface area contributed by atoms with Crippen molar-refractivity contribution < 1.29 is 0 Å². The molecule has 94 valence electrons. The molecule has 2 aromatic heterocycles. The topological polar surface area (TPSA) is 76.7 Å². The van der Waals surface area contributed by atoms with Gasteiger partial charge in [-0.2, -0.15) is 0 Å². The van der Waals surface area contributed by atoms with Crippen molar-refractivity contribution in [3.05, 3.63) is 54.4 Å². The van der Waals surface area contributed by atoms with Gasteiger partial charge in [0.1, 0.15) is 0 Å². The van der Waals surface area contributed by atoms with Crippen molar-refractivity contribution in [1.29, 1.82) is 0 Å². The molecular weight excluding hydrogens is 238 g/mol. The number of fused-ring (bicyclic) bond motifs is 1. The number of anilines is 2. The third-order valence-corrected chi connectivity index (χ3v) is 2.90. The lowest BCUT2D eigenvalue weighted by Gasteiger charge is -2.08. The number of nitrogen functional groups attached to an aromatic ring is 1. The first-order valence-electron chi connectivity index (χ1n) is 5.98. The lowest BCUT2D eigenvalue weighted by molar-refractivity contribution is 1.02. The number of benzene rings is 1. The van der Waals surface area contributed by atoms with Gasteiger partial charge in [0.25, 0.3) is 0 Å².